The maximum Gasteiger partial charge on any atom is 2.00 e. The predicted molar refractivity (Wildman–Crippen MR) is 22.7 cm³/mol. The topological polar surface area (TPSA) is 158 Å². The minimum Gasteiger partial charge on any atom is -0.543 e. The van der Waals surface area contributed by atoms with E-state index >= 15 is 0 Å². The van der Waals surface area contributed by atoms with Crippen LogP contribution in [0.4, 0.5) is 0 Å². The largest absolute Gasteiger partial charge is 2.00 e. The second-order valence-corrected chi connectivity index (χ2v) is 1.17. The van der Waals surface area contributed by atoms with E-state index < -0.39 is 23.9 Å². The molecular formula is C4HCuKO8. The van der Waals surface area contributed by atoms with Crippen LogP contribution in [0.5, 0.6) is 0 Å². The van der Waals surface area contributed by atoms with Crippen molar-refractivity contribution < 1.29 is 108 Å². The molecule has 0 amide bonds. The summed E-state index contributed by atoms with van der Waals surface area (Å²) in [6, 6.07) is 0. The van der Waals surface area contributed by atoms with Crippen molar-refractivity contribution in [3.8, 4) is 0 Å². The number of hydrogen-bond acceptors (Lipinski definition) is 7. The maximum atomic E-state index is 9.04. The van der Waals surface area contributed by atoms with Gasteiger partial charge < -0.3 is 34.8 Å². The van der Waals surface area contributed by atoms with Gasteiger partial charge in [0.1, 0.15) is 0 Å². The Morgan fingerprint density at radius 1 is 0.786 bits per heavy atom. The van der Waals surface area contributed by atoms with Gasteiger partial charge in [-0.25, -0.2) is 4.79 Å². The fourth-order valence-electron chi connectivity index (χ4n) is 0. The monoisotopic (exact) mass is 279 g/mol. The third kappa shape index (κ3) is 22.7. The Balaban J connectivity index is -0.0000000625. The van der Waals surface area contributed by atoms with Crippen LogP contribution in [0.2, 0.25) is 0 Å². The van der Waals surface area contributed by atoms with Crippen molar-refractivity contribution in [1.29, 1.82) is 0 Å². The molecule has 1 radical (unpaired) electrons. The summed E-state index contributed by atoms with van der Waals surface area (Å²) in [5.74, 6) is -8.38. The van der Waals surface area contributed by atoms with Gasteiger partial charge in [-0.2, -0.15) is 0 Å². The Morgan fingerprint density at radius 2 is 0.929 bits per heavy atom. The van der Waals surface area contributed by atoms with E-state index in [1.54, 1.807) is 0 Å². The van der Waals surface area contributed by atoms with Crippen molar-refractivity contribution in [2.45, 2.75) is 0 Å². The summed E-state index contributed by atoms with van der Waals surface area (Å²) < 4.78 is 0. The summed E-state index contributed by atoms with van der Waals surface area (Å²) in [7, 11) is 0. The third-order valence-corrected chi connectivity index (χ3v) is 0.341. The molecule has 0 bridgehead atoms. The van der Waals surface area contributed by atoms with Crippen molar-refractivity contribution in [2.24, 2.45) is 0 Å². The first-order valence-electron chi connectivity index (χ1n) is 2.15. The molecule has 0 spiro atoms. The van der Waals surface area contributed by atoms with Crippen LogP contribution in [-0.4, -0.2) is 29.0 Å². The molecule has 0 aromatic heterocycles. The molecule has 0 atom stereocenters. The minimum absolute atomic E-state index is 0. The van der Waals surface area contributed by atoms with E-state index in [0.29, 0.717) is 0 Å². The van der Waals surface area contributed by atoms with E-state index in [1.807, 2.05) is 0 Å². The van der Waals surface area contributed by atoms with E-state index in [2.05, 4.69) is 0 Å². The van der Waals surface area contributed by atoms with Crippen molar-refractivity contribution >= 4 is 23.9 Å². The van der Waals surface area contributed by atoms with Crippen molar-refractivity contribution in [2.75, 3.05) is 0 Å². The molecule has 8 nitrogen and oxygen atoms in total. The van der Waals surface area contributed by atoms with Gasteiger partial charge in [-0.05, 0) is 0 Å². The van der Waals surface area contributed by atoms with Crippen LogP contribution in [0.1, 0.15) is 0 Å². The number of carboxylic acids is 4. The fourth-order valence-corrected chi connectivity index (χ4v) is 0. The van der Waals surface area contributed by atoms with Gasteiger partial charge >= 0.3 is 74.4 Å². The van der Waals surface area contributed by atoms with Gasteiger partial charge in [-0.1, -0.05) is 0 Å². The molecule has 1 N–H and O–H groups in total. The molecule has 10 heteroatoms. The summed E-state index contributed by atoms with van der Waals surface area (Å²) in [4.78, 5) is 35.9. The normalized spacial score (nSPS) is 6.29. The minimum atomic E-state index is -2.19. The standard InChI is InChI=1S/2C2H2O4.Cu.K/c2*3-1(4)2(5)6;;/h2*(H,3,4)(H,5,6);;/q;;+2;+1/p-3. The van der Waals surface area contributed by atoms with E-state index in [9.17, 15) is 0 Å². The molecule has 0 saturated heterocycles. The molecule has 77 valence electrons. The molecule has 0 heterocycles. The SMILES string of the molecule is O=C([O-])C(=O)O.O=C([O-])C(=O)[O-].[Cu+2].[K+]. The third-order valence-electron chi connectivity index (χ3n) is 0.341. The molecule has 0 aromatic rings. The molecule has 0 unspecified atom stereocenters. The van der Waals surface area contributed by atoms with Crippen LogP contribution in [-0.2, 0) is 36.2 Å². The van der Waals surface area contributed by atoms with E-state index in [4.69, 9.17) is 39.6 Å². The molecule has 0 fully saturated rings. The molecule has 14 heavy (non-hydrogen) atoms. The summed E-state index contributed by atoms with van der Waals surface area (Å²) in [6.07, 6.45) is 0. The van der Waals surface area contributed by atoms with Crippen LogP contribution < -0.4 is 66.7 Å². The Bertz CT molecular complexity index is 177. The van der Waals surface area contributed by atoms with Gasteiger partial charge in [0.25, 0.3) is 0 Å². The fraction of sp³-hybridized carbons (Fsp3) is 0. The zero-order valence-corrected chi connectivity index (χ0v) is 10.7. The van der Waals surface area contributed by atoms with Gasteiger partial charge in [-0.15, -0.1) is 0 Å². The summed E-state index contributed by atoms with van der Waals surface area (Å²) in [5, 5.41) is 34.2. The molecular weight excluding hydrogens is 279 g/mol. The van der Waals surface area contributed by atoms with Gasteiger partial charge in [0.2, 0.25) is 0 Å². The smallest absolute Gasteiger partial charge is 0.543 e. The molecule has 0 rings (SSSR count). The molecule has 0 aliphatic heterocycles. The Morgan fingerprint density at radius 3 is 0.929 bits per heavy atom. The predicted octanol–water partition coefficient (Wildman–Crippen LogP) is -8.69. The van der Waals surface area contributed by atoms with E-state index in [0.717, 1.165) is 0 Å². The number of aliphatic carboxylic acids is 4. The first-order valence-corrected chi connectivity index (χ1v) is 2.15. The Kier molecular flexibility index (Phi) is 22.1. The van der Waals surface area contributed by atoms with E-state index in [1.165, 1.54) is 0 Å². The van der Waals surface area contributed by atoms with Crippen LogP contribution in [0.3, 0.4) is 0 Å². The quantitative estimate of drug-likeness (QED) is 0.338. The van der Waals surface area contributed by atoms with Gasteiger partial charge in [0, 0.05) is 0 Å². The average molecular weight is 280 g/mol. The number of carbonyl (C=O) groups is 4. The molecule has 0 aromatic carbocycles. The first kappa shape index (κ1) is 23.7. The zero-order chi connectivity index (χ0) is 10.3. The summed E-state index contributed by atoms with van der Waals surface area (Å²) >= 11 is 0. The second kappa shape index (κ2) is 13.0. The van der Waals surface area contributed by atoms with E-state index in [-0.39, 0.29) is 68.5 Å². The van der Waals surface area contributed by atoms with Crippen LogP contribution in [0.25, 0.3) is 0 Å². The zero-order valence-electron chi connectivity index (χ0n) is 6.61. The molecule has 0 saturated carbocycles. The maximum absolute atomic E-state index is 9.04. The van der Waals surface area contributed by atoms with Crippen molar-refractivity contribution in [1.82, 2.24) is 0 Å². The average Bonchev–Trinajstić information content (AvgIpc) is 1.88. The summed E-state index contributed by atoms with van der Waals surface area (Å²) in [6.45, 7) is 0. The van der Waals surface area contributed by atoms with Gasteiger partial charge in [-0.3, -0.25) is 0 Å². The van der Waals surface area contributed by atoms with Gasteiger partial charge in [0.15, 0.2) is 5.97 Å². The molecule has 0 aliphatic carbocycles. The Labute approximate surface area is 130 Å². The second-order valence-electron chi connectivity index (χ2n) is 1.17. The van der Waals surface area contributed by atoms with Crippen LogP contribution >= 0.6 is 0 Å². The summed E-state index contributed by atoms with van der Waals surface area (Å²) in [5.41, 5.74) is 0. The first-order chi connectivity index (χ1) is 5.29. The number of hydrogen-bond donors (Lipinski definition) is 1. The Hall–Kier alpha value is 0.0358. The van der Waals surface area contributed by atoms with Gasteiger partial charge in [0.05, 0.1) is 11.9 Å². The number of carboxylic acid groups (broad SMARTS) is 4. The van der Waals surface area contributed by atoms with Crippen LogP contribution in [0.15, 0.2) is 0 Å². The number of carbonyl (C=O) groups excluding carboxylic acids is 3. The van der Waals surface area contributed by atoms with Crippen LogP contribution in [0, 0.1) is 0 Å². The molecule has 0 aliphatic rings. The van der Waals surface area contributed by atoms with Crippen molar-refractivity contribution in [3.63, 3.8) is 0 Å². The van der Waals surface area contributed by atoms with Crippen molar-refractivity contribution in [3.05, 3.63) is 0 Å². The number of rotatable bonds is 0.